The molecule has 7 heteroatoms. The van der Waals surface area contributed by atoms with Crippen LogP contribution in [0.2, 0.25) is 0 Å². The first kappa shape index (κ1) is 15.0. The van der Waals surface area contributed by atoms with Gasteiger partial charge in [0.1, 0.15) is 17.2 Å². The van der Waals surface area contributed by atoms with Crippen molar-refractivity contribution in [3.05, 3.63) is 59.2 Å². The minimum atomic E-state index is -4.93. The highest BCUT2D eigenvalue weighted by Crippen LogP contribution is 2.36. The van der Waals surface area contributed by atoms with Gasteiger partial charge in [-0.3, -0.25) is 0 Å². The Morgan fingerprint density at radius 1 is 0.952 bits per heavy atom. The molecule has 1 N–H and O–H groups in total. The first-order chi connectivity index (χ1) is 9.73. The van der Waals surface area contributed by atoms with Gasteiger partial charge in [0.2, 0.25) is 0 Å². The Morgan fingerprint density at radius 3 is 2.10 bits per heavy atom. The summed E-state index contributed by atoms with van der Waals surface area (Å²) in [6, 6.07) is 5.39. The average molecular weight is 302 g/mol. The number of carbonyl (C=O) groups is 1. The first-order valence-corrected chi connectivity index (χ1v) is 5.61. The Balaban J connectivity index is 2.75. The third-order valence-electron chi connectivity index (χ3n) is 2.82. The Morgan fingerprint density at radius 2 is 1.52 bits per heavy atom. The summed E-state index contributed by atoms with van der Waals surface area (Å²) in [5.41, 5.74) is -3.50. The molecule has 2 aromatic rings. The molecule has 0 amide bonds. The van der Waals surface area contributed by atoms with Crippen LogP contribution in [0.4, 0.5) is 22.0 Å². The predicted octanol–water partition coefficient (Wildman–Crippen LogP) is 4.35. The summed E-state index contributed by atoms with van der Waals surface area (Å²) in [6.07, 6.45) is -4.93. The maximum Gasteiger partial charge on any atom is 0.419 e. The molecule has 2 nitrogen and oxygen atoms in total. The summed E-state index contributed by atoms with van der Waals surface area (Å²) in [5, 5.41) is 8.94. The lowest BCUT2D eigenvalue weighted by molar-refractivity contribution is -0.139. The van der Waals surface area contributed by atoms with Gasteiger partial charge in [-0.15, -0.1) is 0 Å². The molecule has 0 atom stereocenters. The minimum absolute atomic E-state index is 0.453. The number of aromatic carboxylic acids is 1. The molecular weight excluding hydrogens is 295 g/mol. The van der Waals surface area contributed by atoms with Gasteiger partial charge in [0.25, 0.3) is 0 Å². The highest BCUT2D eigenvalue weighted by atomic mass is 19.4. The average Bonchev–Trinajstić information content (AvgIpc) is 2.36. The molecule has 2 aromatic carbocycles. The Bertz CT molecular complexity index is 707. The van der Waals surface area contributed by atoms with E-state index in [2.05, 4.69) is 0 Å². The summed E-state index contributed by atoms with van der Waals surface area (Å²) in [5.74, 6) is -4.49. The van der Waals surface area contributed by atoms with Gasteiger partial charge in [-0.1, -0.05) is 24.3 Å². The van der Waals surface area contributed by atoms with Gasteiger partial charge < -0.3 is 5.11 Å². The van der Waals surface area contributed by atoms with Crippen LogP contribution in [-0.2, 0) is 6.18 Å². The van der Waals surface area contributed by atoms with Crippen molar-refractivity contribution in [3.8, 4) is 11.1 Å². The van der Waals surface area contributed by atoms with E-state index in [-0.39, 0.29) is 0 Å². The normalized spacial score (nSPS) is 11.5. The van der Waals surface area contributed by atoms with Gasteiger partial charge in [0.05, 0.1) is 5.56 Å². The van der Waals surface area contributed by atoms with Crippen molar-refractivity contribution in [1.82, 2.24) is 0 Å². The third-order valence-corrected chi connectivity index (χ3v) is 2.82. The van der Waals surface area contributed by atoms with E-state index in [4.69, 9.17) is 5.11 Å². The molecule has 0 aliphatic carbocycles. The molecular formula is C14H7F5O2. The molecule has 0 fully saturated rings. The van der Waals surface area contributed by atoms with E-state index in [1.54, 1.807) is 0 Å². The Hall–Kier alpha value is -2.44. The van der Waals surface area contributed by atoms with Gasteiger partial charge in [-0.2, -0.15) is 13.2 Å². The highest BCUT2D eigenvalue weighted by molar-refractivity contribution is 5.96. The largest absolute Gasteiger partial charge is 0.478 e. The van der Waals surface area contributed by atoms with Gasteiger partial charge in [0, 0.05) is 11.1 Å². The van der Waals surface area contributed by atoms with Gasteiger partial charge >= 0.3 is 12.1 Å². The fourth-order valence-corrected chi connectivity index (χ4v) is 1.92. The van der Waals surface area contributed by atoms with Crippen LogP contribution in [0, 0.1) is 11.6 Å². The van der Waals surface area contributed by atoms with Crippen molar-refractivity contribution < 1.29 is 31.9 Å². The molecule has 0 saturated heterocycles. The fourth-order valence-electron chi connectivity index (χ4n) is 1.92. The summed E-state index contributed by atoms with van der Waals surface area (Å²) in [6.45, 7) is 0. The van der Waals surface area contributed by atoms with E-state index in [0.717, 1.165) is 30.3 Å². The highest BCUT2D eigenvalue weighted by Gasteiger charge is 2.35. The van der Waals surface area contributed by atoms with Crippen LogP contribution in [-0.4, -0.2) is 11.1 Å². The van der Waals surface area contributed by atoms with Crippen LogP contribution in [0.1, 0.15) is 15.9 Å². The topological polar surface area (TPSA) is 37.3 Å². The molecule has 2 rings (SSSR count). The van der Waals surface area contributed by atoms with Crippen molar-refractivity contribution in [2.45, 2.75) is 6.18 Å². The molecule has 0 radical (unpaired) electrons. The molecule has 0 heterocycles. The number of benzene rings is 2. The number of hydrogen-bond donors (Lipinski definition) is 1. The monoisotopic (exact) mass is 302 g/mol. The van der Waals surface area contributed by atoms with E-state index >= 15 is 0 Å². The number of halogens is 5. The lowest BCUT2D eigenvalue weighted by Crippen LogP contribution is -2.10. The van der Waals surface area contributed by atoms with Crippen LogP contribution >= 0.6 is 0 Å². The molecule has 0 aliphatic rings. The summed E-state index contributed by atoms with van der Waals surface area (Å²) >= 11 is 0. The molecule has 110 valence electrons. The fraction of sp³-hybridized carbons (Fsp3) is 0.0714. The lowest BCUT2D eigenvalue weighted by Gasteiger charge is -2.13. The van der Waals surface area contributed by atoms with Gasteiger partial charge in [-0.05, 0) is 12.1 Å². The zero-order valence-electron chi connectivity index (χ0n) is 10.2. The molecule has 0 aliphatic heterocycles. The number of hydrogen-bond acceptors (Lipinski definition) is 1. The summed E-state index contributed by atoms with van der Waals surface area (Å²) in [4.78, 5) is 11.0. The van der Waals surface area contributed by atoms with Crippen molar-refractivity contribution in [2.24, 2.45) is 0 Å². The third kappa shape index (κ3) is 2.72. The second kappa shape index (κ2) is 5.16. The van der Waals surface area contributed by atoms with Crippen molar-refractivity contribution >= 4 is 5.97 Å². The number of rotatable bonds is 2. The van der Waals surface area contributed by atoms with Crippen LogP contribution < -0.4 is 0 Å². The summed E-state index contributed by atoms with van der Waals surface area (Å²) in [7, 11) is 0. The zero-order chi connectivity index (χ0) is 15.8. The lowest BCUT2D eigenvalue weighted by atomic mass is 9.97. The van der Waals surface area contributed by atoms with Crippen LogP contribution in [0.25, 0.3) is 11.1 Å². The molecule has 21 heavy (non-hydrogen) atoms. The second-order valence-corrected chi connectivity index (χ2v) is 4.13. The first-order valence-electron chi connectivity index (χ1n) is 5.61. The van der Waals surface area contributed by atoms with Crippen LogP contribution in [0.15, 0.2) is 36.4 Å². The van der Waals surface area contributed by atoms with E-state index in [1.165, 1.54) is 0 Å². The SMILES string of the molecule is O=C(O)c1c(F)cccc1-c1cccc(C(F)(F)F)c1F. The predicted molar refractivity (Wildman–Crippen MR) is 63.8 cm³/mol. The Kier molecular flexibility index (Phi) is 3.67. The zero-order valence-corrected chi connectivity index (χ0v) is 10.2. The second-order valence-electron chi connectivity index (χ2n) is 4.13. The van der Waals surface area contributed by atoms with E-state index in [9.17, 15) is 26.7 Å². The quantitative estimate of drug-likeness (QED) is 0.837. The number of carboxylic acid groups (broad SMARTS) is 1. The Labute approximate surface area is 115 Å². The van der Waals surface area contributed by atoms with Crippen molar-refractivity contribution in [1.29, 1.82) is 0 Å². The molecule has 0 aromatic heterocycles. The molecule has 0 unspecified atom stereocenters. The van der Waals surface area contributed by atoms with Crippen LogP contribution in [0.3, 0.4) is 0 Å². The van der Waals surface area contributed by atoms with Gasteiger partial charge in [0.15, 0.2) is 0 Å². The maximum absolute atomic E-state index is 14.0. The van der Waals surface area contributed by atoms with Crippen molar-refractivity contribution in [3.63, 3.8) is 0 Å². The van der Waals surface area contributed by atoms with Crippen LogP contribution in [0.5, 0.6) is 0 Å². The smallest absolute Gasteiger partial charge is 0.419 e. The summed E-state index contributed by atoms with van der Waals surface area (Å²) < 4.78 is 65.5. The maximum atomic E-state index is 14.0. The van der Waals surface area contributed by atoms with Gasteiger partial charge in [-0.25, -0.2) is 13.6 Å². The molecule has 0 bridgehead atoms. The van der Waals surface area contributed by atoms with E-state index in [0.29, 0.717) is 6.07 Å². The molecule has 0 spiro atoms. The number of carboxylic acids is 1. The van der Waals surface area contributed by atoms with E-state index < -0.39 is 46.0 Å². The van der Waals surface area contributed by atoms with Crippen molar-refractivity contribution in [2.75, 3.05) is 0 Å². The molecule has 0 saturated carbocycles. The number of alkyl halides is 3. The standard InChI is InChI=1S/C14H7F5O2/c15-10-6-2-3-7(11(10)13(20)21)8-4-1-5-9(12(8)16)14(17,18)19/h1-6H,(H,20,21). The van der Waals surface area contributed by atoms with E-state index in [1.807, 2.05) is 0 Å². The minimum Gasteiger partial charge on any atom is -0.478 e.